The Balaban J connectivity index is 1.83. The summed E-state index contributed by atoms with van der Waals surface area (Å²) in [5.74, 6) is 2.44. The smallest absolute Gasteiger partial charge is 0.202 e. The number of rotatable bonds is 5. The highest BCUT2D eigenvalue weighted by Crippen LogP contribution is 2.39. The zero-order valence-corrected chi connectivity index (χ0v) is 9.60. The Morgan fingerprint density at radius 3 is 3.00 bits per heavy atom. The number of nitrogens with one attached hydrogen (secondary N) is 1. The lowest BCUT2D eigenvalue weighted by Gasteiger charge is -2.07. The maximum absolute atomic E-state index is 4.47. The highest BCUT2D eigenvalue weighted by Gasteiger charge is 2.27. The van der Waals surface area contributed by atoms with Gasteiger partial charge in [-0.25, -0.2) is 4.98 Å². The fourth-order valence-corrected chi connectivity index (χ4v) is 1.87. The van der Waals surface area contributed by atoms with Crippen molar-refractivity contribution in [3.63, 3.8) is 0 Å². The van der Waals surface area contributed by atoms with E-state index in [0.717, 1.165) is 17.5 Å². The van der Waals surface area contributed by atoms with Crippen LogP contribution < -0.4 is 5.32 Å². The number of aromatic nitrogens is 2. The zero-order chi connectivity index (χ0) is 9.97. The van der Waals surface area contributed by atoms with Crippen LogP contribution in [0.1, 0.15) is 44.9 Å². The summed E-state index contributed by atoms with van der Waals surface area (Å²) in [6.07, 6.45) is 3.77. The van der Waals surface area contributed by atoms with Gasteiger partial charge in [-0.3, -0.25) is 0 Å². The lowest BCUT2D eigenvalue weighted by molar-refractivity contribution is 0.593. The van der Waals surface area contributed by atoms with Crippen molar-refractivity contribution in [3.8, 4) is 0 Å². The van der Waals surface area contributed by atoms with Gasteiger partial charge >= 0.3 is 0 Å². The molecule has 0 amide bonds. The van der Waals surface area contributed by atoms with Crippen LogP contribution in [0.4, 0.5) is 5.13 Å². The molecule has 14 heavy (non-hydrogen) atoms. The maximum atomic E-state index is 4.47. The quantitative estimate of drug-likeness (QED) is 0.813. The number of hydrogen-bond donors (Lipinski definition) is 1. The van der Waals surface area contributed by atoms with Gasteiger partial charge in [-0.15, -0.1) is 0 Å². The van der Waals surface area contributed by atoms with Gasteiger partial charge in [0.15, 0.2) is 0 Å². The van der Waals surface area contributed by atoms with Gasteiger partial charge in [0.25, 0.3) is 0 Å². The minimum Gasteiger partial charge on any atom is -0.360 e. The fourth-order valence-electron chi connectivity index (χ4n) is 1.22. The second-order valence-electron chi connectivity index (χ2n) is 4.13. The minimum atomic E-state index is 0.672. The minimum absolute atomic E-state index is 0.672. The van der Waals surface area contributed by atoms with Crippen LogP contribution in [0.5, 0.6) is 0 Å². The standard InChI is InChI=1S/C10H17N3S/c1-3-7(2)6-11-10-12-9(13-14-10)8-4-5-8/h7-8H,3-6H2,1-2H3,(H,11,12,13). The van der Waals surface area contributed by atoms with E-state index in [9.17, 15) is 0 Å². The molecule has 1 N–H and O–H groups in total. The third-order valence-electron chi connectivity index (χ3n) is 2.68. The van der Waals surface area contributed by atoms with Crippen LogP contribution in [0.25, 0.3) is 0 Å². The van der Waals surface area contributed by atoms with E-state index in [1.54, 1.807) is 0 Å². The Morgan fingerprint density at radius 2 is 2.36 bits per heavy atom. The first-order valence-electron chi connectivity index (χ1n) is 5.37. The van der Waals surface area contributed by atoms with Gasteiger partial charge in [-0.05, 0) is 18.8 Å². The highest BCUT2D eigenvalue weighted by molar-refractivity contribution is 7.09. The largest absolute Gasteiger partial charge is 0.360 e. The molecule has 1 aromatic rings. The molecule has 1 aromatic heterocycles. The SMILES string of the molecule is CCC(C)CNc1nc(C2CC2)ns1. The summed E-state index contributed by atoms with van der Waals surface area (Å²) in [5.41, 5.74) is 0. The molecule has 0 aromatic carbocycles. The molecular formula is C10H17N3S. The summed E-state index contributed by atoms with van der Waals surface area (Å²) in [7, 11) is 0. The Morgan fingerprint density at radius 1 is 1.57 bits per heavy atom. The predicted octanol–water partition coefficient (Wildman–Crippen LogP) is 2.87. The Kier molecular flexibility index (Phi) is 3.01. The van der Waals surface area contributed by atoms with Crippen molar-refractivity contribution in [2.75, 3.05) is 11.9 Å². The normalized spacial score (nSPS) is 18.1. The van der Waals surface area contributed by atoms with Crippen LogP contribution in [0.3, 0.4) is 0 Å². The summed E-state index contributed by atoms with van der Waals surface area (Å²) in [5, 5.41) is 4.34. The van der Waals surface area contributed by atoms with Crippen LogP contribution >= 0.6 is 11.5 Å². The molecule has 1 unspecified atom stereocenters. The van der Waals surface area contributed by atoms with E-state index in [0.29, 0.717) is 11.8 Å². The molecule has 0 aliphatic heterocycles. The van der Waals surface area contributed by atoms with Crippen LogP contribution in [-0.4, -0.2) is 15.9 Å². The maximum Gasteiger partial charge on any atom is 0.202 e. The van der Waals surface area contributed by atoms with Crippen LogP contribution in [0.2, 0.25) is 0 Å². The van der Waals surface area contributed by atoms with Crippen molar-refractivity contribution in [2.24, 2.45) is 5.92 Å². The van der Waals surface area contributed by atoms with Crippen molar-refractivity contribution in [2.45, 2.75) is 39.0 Å². The molecule has 1 fully saturated rings. The third-order valence-corrected chi connectivity index (χ3v) is 3.37. The number of nitrogens with zero attached hydrogens (tertiary/aromatic N) is 2. The Hall–Kier alpha value is -0.640. The topological polar surface area (TPSA) is 37.8 Å². The molecule has 2 rings (SSSR count). The van der Waals surface area contributed by atoms with E-state index < -0.39 is 0 Å². The molecule has 0 bridgehead atoms. The summed E-state index contributed by atoms with van der Waals surface area (Å²) in [6, 6.07) is 0. The second kappa shape index (κ2) is 4.26. The number of anilines is 1. The van der Waals surface area contributed by atoms with Gasteiger partial charge in [-0.2, -0.15) is 4.37 Å². The van der Waals surface area contributed by atoms with E-state index in [-0.39, 0.29) is 0 Å². The average molecular weight is 211 g/mol. The molecule has 1 saturated carbocycles. The van der Waals surface area contributed by atoms with Crippen molar-refractivity contribution in [1.29, 1.82) is 0 Å². The molecule has 4 heteroatoms. The molecule has 1 aliphatic carbocycles. The van der Waals surface area contributed by atoms with Crippen LogP contribution in [0.15, 0.2) is 0 Å². The van der Waals surface area contributed by atoms with E-state index in [1.807, 2.05) is 0 Å². The third kappa shape index (κ3) is 2.44. The van der Waals surface area contributed by atoms with Crippen molar-refractivity contribution >= 4 is 16.7 Å². The Labute approximate surface area is 89.1 Å². The monoisotopic (exact) mass is 211 g/mol. The van der Waals surface area contributed by atoms with Gasteiger partial charge in [-0.1, -0.05) is 20.3 Å². The summed E-state index contributed by atoms with van der Waals surface area (Å²) in [4.78, 5) is 4.47. The van der Waals surface area contributed by atoms with Gasteiger partial charge in [0.1, 0.15) is 5.82 Å². The Bertz CT molecular complexity index is 293. The summed E-state index contributed by atoms with van der Waals surface area (Å²) in [6.45, 7) is 5.47. The van der Waals surface area contributed by atoms with Crippen molar-refractivity contribution in [3.05, 3.63) is 5.82 Å². The fraction of sp³-hybridized carbons (Fsp3) is 0.800. The van der Waals surface area contributed by atoms with E-state index >= 15 is 0 Å². The van der Waals surface area contributed by atoms with Crippen LogP contribution in [-0.2, 0) is 0 Å². The molecule has 0 saturated heterocycles. The predicted molar refractivity (Wildman–Crippen MR) is 59.8 cm³/mol. The second-order valence-corrected chi connectivity index (χ2v) is 4.88. The zero-order valence-electron chi connectivity index (χ0n) is 8.79. The van der Waals surface area contributed by atoms with Crippen molar-refractivity contribution < 1.29 is 0 Å². The van der Waals surface area contributed by atoms with E-state index in [2.05, 4.69) is 28.5 Å². The molecule has 3 nitrogen and oxygen atoms in total. The molecule has 1 heterocycles. The van der Waals surface area contributed by atoms with Crippen molar-refractivity contribution in [1.82, 2.24) is 9.36 Å². The molecule has 78 valence electrons. The lowest BCUT2D eigenvalue weighted by atomic mass is 10.1. The van der Waals surface area contributed by atoms with Gasteiger partial charge in [0.05, 0.1) is 0 Å². The van der Waals surface area contributed by atoms with E-state index in [1.165, 1.54) is 30.8 Å². The molecule has 1 aliphatic rings. The summed E-state index contributed by atoms with van der Waals surface area (Å²) >= 11 is 1.50. The first-order valence-corrected chi connectivity index (χ1v) is 6.14. The highest BCUT2D eigenvalue weighted by atomic mass is 32.1. The van der Waals surface area contributed by atoms with E-state index in [4.69, 9.17) is 0 Å². The number of hydrogen-bond acceptors (Lipinski definition) is 4. The first kappa shape index (κ1) is 9.90. The van der Waals surface area contributed by atoms with Gasteiger partial charge in [0, 0.05) is 24.0 Å². The van der Waals surface area contributed by atoms with Gasteiger partial charge in [0.2, 0.25) is 5.13 Å². The van der Waals surface area contributed by atoms with Gasteiger partial charge < -0.3 is 5.32 Å². The molecule has 1 atom stereocenters. The first-order chi connectivity index (χ1) is 6.79. The lowest BCUT2D eigenvalue weighted by Crippen LogP contribution is -2.09. The van der Waals surface area contributed by atoms with Crippen LogP contribution in [0, 0.1) is 5.92 Å². The summed E-state index contributed by atoms with van der Waals surface area (Å²) < 4.78 is 4.35. The molecule has 0 spiro atoms. The molecule has 0 radical (unpaired) electrons. The molecular weight excluding hydrogens is 194 g/mol. The average Bonchev–Trinajstić information content (AvgIpc) is 2.95.